The number of rotatable bonds is 6. The molecule has 1 aromatic heterocycles. The Balaban J connectivity index is 2.17. The number of carbonyl (C=O) groups is 1. The first-order chi connectivity index (χ1) is 12.4. The first kappa shape index (κ1) is 19.7. The molecule has 2 N–H and O–H groups in total. The zero-order valence-corrected chi connectivity index (χ0v) is 15.5. The molecule has 0 radical (unpaired) electrons. The van der Waals surface area contributed by atoms with Crippen LogP contribution in [0, 0.1) is 11.3 Å². The molecule has 1 aromatic carbocycles. The van der Waals surface area contributed by atoms with E-state index in [0.29, 0.717) is 0 Å². The third kappa shape index (κ3) is 5.19. The van der Waals surface area contributed by atoms with Gasteiger partial charge in [0.2, 0.25) is 5.95 Å². The minimum atomic E-state index is -4.19. The quantitative estimate of drug-likeness (QED) is 0.673. The van der Waals surface area contributed by atoms with Crippen LogP contribution in [0.15, 0.2) is 34.3 Å². The number of urea groups is 1. The van der Waals surface area contributed by atoms with Crippen molar-refractivity contribution in [1.29, 1.82) is 5.26 Å². The molecule has 1 heterocycles. The van der Waals surface area contributed by atoms with Gasteiger partial charge in [0, 0.05) is 0 Å². The molecule has 0 aliphatic carbocycles. The van der Waals surface area contributed by atoms with E-state index in [-0.39, 0.29) is 33.6 Å². The zero-order valence-electron chi connectivity index (χ0n) is 13.1. The maximum absolute atomic E-state index is 12.2. The van der Waals surface area contributed by atoms with Crippen molar-refractivity contribution in [3.63, 3.8) is 0 Å². The molecule has 0 saturated heterocycles. The van der Waals surface area contributed by atoms with Crippen LogP contribution in [0.5, 0.6) is 6.01 Å². The number of anilines is 1. The van der Waals surface area contributed by atoms with Crippen LogP contribution >= 0.6 is 23.4 Å². The Labute approximate surface area is 158 Å². The highest BCUT2D eigenvalue weighted by Gasteiger charge is 2.21. The third-order valence-electron chi connectivity index (χ3n) is 2.62. The molecule has 0 atom stereocenters. The van der Waals surface area contributed by atoms with Crippen LogP contribution in [0.1, 0.15) is 0 Å². The number of sulfonamides is 1. The normalized spacial score (nSPS) is 10.7. The number of hydrogen-bond donors (Lipinski definition) is 2. The minimum absolute atomic E-state index is 0.0372. The number of thioether (sulfide) groups is 1. The molecule has 0 spiro atoms. The van der Waals surface area contributed by atoms with Crippen LogP contribution in [0.2, 0.25) is 5.02 Å². The molecule has 2 amide bonds. The number of hydrogen-bond acceptors (Lipinski definition) is 9. The summed E-state index contributed by atoms with van der Waals surface area (Å²) in [5.41, 5.74) is 0. The zero-order chi connectivity index (χ0) is 19.2. The average molecular weight is 415 g/mol. The number of ether oxygens (including phenoxy) is 1. The monoisotopic (exact) mass is 414 g/mol. The first-order valence-corrected chi connectivity index (χ1v) is 9.82. The largest absolute Gasteiger partial charge is 0.448 e. The summed E-state index contributed by atoms with van der Waals surface area (Å²) in [7, 11) is -4.19. The summed E-state index contributed by atoms with van der Waals surface area (Å²) in [5.74, 6) is -0.246. The Kier molecular flexibility index (Phi) is 6.56. The lowest BCUT2D eigenvalue weighted by atomic mass is 10.4. The summed E-state index contributed by atoms with van der Waals surface area (Å²) in [4.78, 5) is 23.3. The SMILES string of the molecule is CSc1nc(NC(=O)NS(=O)(=O)c2ccccc2Cl)nc(OCC#N)n1. The third-order valence-corrected chi connectivity index (χ3v) is 5.00. The fraction of sp³-hybridized carbons (Fsp3) is 0.154. The maximum Gasteiger partial charge on any atom is 0.335 e. The summed E-state index contributed by atoms with van der Waals surface area (Å²) in [6.45, 7) is -0.301. The predicted octanol–water partition coefficient (Wildman–Crippen LogP) is 1.66. The van der Waals surface area contributed by atoms with Crippen LogP contribution < -0.4 is 14.8 Å². The van der Waals surface area contributed by atoms with E-state index in [9.17, 15) is 13.2 Å². The van der Waals surface area contributed by atoms with Gasteiger partial charge < -0.3 is 4.74 Å². The second-order valence-electron chi connectivity index (χ2n) is 4.37. The summed E-state index contributed by atoms with van der Waals surface area (Å²) in [6, 6.07) is 6.11. The van der Waals surface area contributed by atoms with Crippen molar-refractivity contribution in [3.8, 4) is 12.1 Å². The van der Waals surface area contributed by atoms with Crippen LogP contribution in [-0.2, 0) is 10.0 Å². The number of nitrogens with zero attached hydrogens (tertiary/aromatic N) is 4. The topological polar surface area (TPSA) is 147 Å². The van der Waals surface area contributed by atoms with Gasteiger partial charge in [-0.15, -0.1) is 0 Å². The highest BCUT2D eigenvalue weighted by molar-refractivity contribution is 7.98. The highest BCUT2D eigenvalue weighted by atomic mass is 35.5. The van der Waals surface area contributed by atoms with Crippen LogP contribution in [0.3, 0.4) is 0 Å². The number of aromatic nitrogens is 3. The number of nitrogens with one attached hydrogen (secondary N) is 2. The summed E-state index contributed by atoms with van der Waals surface area (Å²) in [6.07, 6.45) is 1.68. The van der Waals surface area contributed by atoms with Gasteiger partial charge >= 0.3 is 12.0 Å². The Morgan fingerprint density at radius 3 is 2.73 bits per heavy atom. The molecule has 26 heavy (non-hydrogen) atoms. The van der Waals surface area contributed by atoms with Crippen LogP contribution in [0.4, 0.5) is 10.7 Å². The summed E-state index contributed by atoms with van der Waals surface area (Å²) in [5, 5.41) is 10.9. The number of halogens is 1. The molecule has 10 nitrogen and oxygen atoms in total. The fourth-order valence-electron chi connectivity index (χ4n) is 1.61. The van der Waals surface area contributed by atoms with Gasteiger partial charge in [0.05, 0.1) is 5.02 Å². The Morgan fingerprint density at radius 2 is 2.08 bits per heavy atom. The fourth-order valence-corrected chi connectivity index (χ4v) is 3.39. The molecule has 0 unspecified atom stereocenters. The van der Waals surface area contributed by atoms with E-state index in [0.717, 1.165) is 11.8 Å². The maximum atomic E-state index is 12.2. The van der Waals surface area contributed by atoms with E-state index in [1.165, 1.54) is 18.2 Å². The number of benzene rings is 1. The summed E-state index contributed by atoms with van der Waals surface area (Å²) >= 11 is 6.97. The Hall–Kier alpha value is -2.62. The molecule has 0 bridgehead atoms. The van der Waals surface area contributed by atoms with E-state index in [2.05, 4.69) is 20.3 Å². The molecule has 0 saturated carbocycles. The second-order valence-corrected chi connectivity index (χ2v) is 7.20. The number of carbonyl (C=O) groups excluding carboxylic acids is 1. The van der Waals surface area contributed by atoms with Gasteiger partial charge in [-0.1, -0.05) is 35.5 Å². The van der Waals surface area contributed by atoms with Crippen molar-refractivity contribution in [3.05, 3.63) is 29.3 Å². The minimum Gasteiger partial charge on any atom is -0.448 e. The predicted molar refractivity (Wildman–Crippen MR) is 93.5 cm³/mol. The smallest absolute Gasteiger partial charge is 0.335 e. The van der Waals surface area contributed by atoms with Crippen molar-refractivity contribution in [2.75, 3.05) is 18.2 Å². The molecular weight excluding hydrogens is 404 g/mol. The molecule has 136 valence electrons. The molecule has 0 fully saturated rings. The van der Waals surface area contributed by atoms with Gasteiger partial charge in [-0.3, -0.25) is 5.32 Å². The van der Waals surface area contributed by atoms with E-state index in [4.69, 9.17) is 21.6 Å². The number of nitriles is 1. The number of amides is 2. The van der Waals surface area contributed by atoms with Gasteiger partial charge in [-0.05, 0) is 18.4 Å². The molecule has 2 rings (SSSR count). The van der Waals surface area contributed by atoms with Gasteiger partial charge in [0.1, 0.15) is 11.0 Å². The lowest BCUT2D eigenvalue weighted by molar-refractivity contribution is 0.256. The lowest BCUT2D eigenvalue weighted by Crippen LogP contribution is -2.35. The van der Waals surface area contributed by atoms with E-state index >= 15 is 0 Å². The van der Waals surface area contributed by atoms with Crippen molar-refractivity contribution in [2.24, 2.45) is 0 Å². The lowest BCUT2D eigenvalue weighted by Gasteiger charge is -2.09. The Bertz CT molecular complexity index is 963. The molecule has 2 aromatic rings. The van der Waals surface area contributed by atoms with Crippen molar-refractivity contribution < 1.29 is 17.9 Å². The van der Waals surface area contributed by atoms with E-state index < -0.39 is 16.1 Å². The van der Waals surface area contributed by atoms with Crippen LogP contribution in [-0.4, -0.2) is 42.3 Å². The molecule has 13 heteroatoms. The highest BCUT2D eigenvalue weighted by Crippen LogP contribution is 2.20. The summed E-state index contributed by atoms with van der Waals surface area (Å²) < 4.78 is 31.2. The molecule has 0 aliphatic heterocycles. The van der Waals surface area contributed by atoms with Crippen molar-refractivity contribution >= 4 is 45.4 Å². The van der Waals surface area contributed by atoms with Gasteiger partial charge in [-0.25, -0.2) is 17.9 Å². The standard InChI is InChI=1S/C13H11ClN6O4S2/c1-25-13-18-10(17-12(19-13)24-7-6-15)16-11(21)20-26(22,23)9-5-3-2-4-8(9)14/h2-5H,7H2,1H3,(H2,16,17,18,19,20,21). The van der Waals surface area contributed by atoms with E-state index in [1.807, 2.05) is 0 Å². The van der Waals surface area contributed by atoms with Crippen LogP contribution in [0.25, 0.3) is 0 Å². The van der Waals surface area contributed by atoms with Gasteiger partial charge in [-0.2, -0.15) is 20.2 Å². The van der Waals surface area contributed by atoms with Crippen molar-refractivity contribution in [1.82, 2.24) is 19.7 Å². The molecule has 0 aliphatic rings. The molecular formula is C13H11ClN6O4S2. The average Bonchev–Trinajstić information content (AvgIpc) is 2.59. The van der Waals surface area contributed by atoms with E-state index in [1.54, 1.807) is 23.1 Å². The van der Waals surface area contributed by atoms with Crippen molar-refractivity contribution in [2.45, 2.75) is 10.1 Å². The van der Waals surface area contributed by atoms with Gasteiger partial charge in [0.15, 0.2) is 11.8 Å². The van der Waals surface area contributed by atoms with Gasteiger partial charge in [0.25, 0.3) is 10.0 Å². The first-order valence-electron chi connectivity index (χ1n) is 6.74. The second kappa shape index (κ2) is 8.65. The Morgan fingerprint density at radius 1 is 1.35 bits per heavy atom.